The van der Waals surface area contributed by atoms with Gasteiger partial charge in [0.2, 0.25) is 0 Å². The molecule has 0 aliphatic rings. The predicted molar refractivity (Wildman–Crippen MR) is 81.9 cm³/mol. The molecule has 2 aromatic rings. The number of halogens is 1. The number of benzene rings is 1. The Morgan fingerprint density at radius 1 is 1.25 bits per heavy atom. The molecule has 0 fully saturated rings. The van der Waals surface area contributed by atoms with E-state index in [4.69, 9.17) is 15.8 Å². The Morgan fingerprint density at radius 2 is 2.00 bits per heavy atom. The molecule has 0 N–H and O–H groups in total. The van der Waals surface area contributed by atoms with E-state index in [1.54, 1.807) is 42.5 Å². The van der Waals surface area contributed by atoms with Gasteiger partial charge in [-0.2, -0.15) is 8.42 Å². The lowest BCUT2D eigenvalue weighted by molar-refractivity contribution is 0.322. The smallest absolute Gasteiger partial charge is 0.266 e. The van der Waals surface area contributed by atoms with Crippen molar-refractivity contribution < 1.29 is 12.6 Å². The summed E-state index contributed by atoms with van der Waals surface area (Å²) in [5, 5.41) is 1.95. The van der Waals surface area contributed by atoms with Crippen LogP contribution in [0.5, 0.6) is 0 Å². The highest BCUT2D eigenvalue weighted by Crippen LogP contribution is 2.21. The predicted octanol–water partition coefficient (Wildman–Crippen LogP) is 3.74. The van der Waals surface area contributed by atoms with Gasteiger partial charge in [-0.1, -0.05) is 18.2 Å². The van der Waals surface area contributed by atoms with E-state index in [0.29, 0.717) is 17.9 Å². The standard InChI is InChI=1S/C14H15ClO3S2/c1-11-4-2-3-5-14(11)20(16,17)18-8-6-13-12(10-15)7-9-19-13/h2-5,7,9H,6,8,10H2,1H3. The second kappa shape index (κ2) is 6.72. The molecule has 0 bridgehead atoms. The Balaban J connectivity index is 2.02. The van der Waals surface area contributed by atoms with E-state index in [1.807, 2.05) is 11.4 Å². The first-order valence-corrected chi connectivity index (χ1v) is 8.93. The topological polar surface area (TPSA) is 43.4 Å². The highest BCUT2D eigenvalue weighted by atomic mass is 35.5. The normalized spacial score (nSPS) is 11.7. The molecule has 0 aliphatic carbocycles. The molecule has 108 valence electrons. The zero-order valence-corrected chi connectivity index (χ0v) is 13.4. The fourth-order valence-corrected chi connectivity index (χ4v) is 4.21. The largest absolute Gasteiger partial charge is 0.297 e. The molecular weight excluding hydrogens is 316 g/mol. The third-order valence-electron chi connectivity index (χ3n) is 2.91. The minimum Gasteiger partial charge on any atom is -0.266 e. The highest BCUT2D eigenvalue weighted by Gasteiger charge is 2.17. The minimum absolute atomic E-state index is 0.126. The summed E-state index contributed by atoms with van der Waals surface area (Å²) >= 11 is 7.37. The maximum atomic E-state index is 12.1. The Labute approximate surface area is 128 Å². The maximum absolute atomic E-state index is 12.1. The van der Waals surface area contributed by atoms with Gasteiger partial charge in [0.15, 0.2) is 0 Å². The van der Waals surface area contributed by atoms with Gasteiger partial charge >= 0.3 is 0 Å². The van der Waals surface area contributed by atoms with E-state index in [-0.39, 0.29) is 11.5 Å². The van der Waals surface area contributed by atoms with Crippen molar-refractivity contribution in [3.63, 3.8) is 0 Å². The molecule has 2 rings (SSSR count). The molecule has 0 amide bonds. The number of aryl methyl sites for hydroxylation is 1. The minimum atomic E-state index is -3.69. The van der Waals surface area contributed by atoms with Crippen LogP contribution in [0.15, 0.2) is 40.6 Å². The van der Waals surface area contributed by atoms with Crippen LogP contribution in [0.25, 0.3) is 0 Å². The van der Waals surface area contributed by atoms with Crippen LogP contribution in [0, 0.1) is 6.92 Å². The van der Waals surface area contributed by atoms with Crippen molar-refractivity contribution in [3.8, 4) is 0 Å². The molecule has 0 spiro atoms. The van der Waals surface area contributed by atoms with Crippen molar-refractivity contribution in [2.24, 2.45) is 0 Å². The Kier molecular flexibility index (Phi) is 5.21. The molecule has 1 aromatic carbocycles. The van der Waals surface area contributed by atoms with Gasteiger partial charge < -0.3 is 0 Å². The van der Waals surface area contributed by atoms with Crippen LogP contribution in [0.2, 0.25) is 0 Å². The quantitative estimate of drug-likeness (QED) is 0.598. The molecule has 0 atom stereocenters. The monoisotopic (exact) mass is 330 g/mol. The third kappa shape index (κ3) is 3.61. The zero-order chi connectivity index (χ0) is 14.6. The second-order valence-corrected chi connectivity index (χ2v) is 7.15. The molecule has 1 heterocycles. The molecule has 1 aromatic heterocycles. The molecule has 0 aliphatic heterocycles. The molecule has 0 saturated heterocycles. The number of alkyl halides is 1. The van der Waals surface area contributed by atoms with Crippen LogP contribution in [0.1, 0.15) is 16.0 Å². The van der Waals surface area contributed by atoms with Crippen molar-refractivity contribution >= 4 is 33.1 Å². The molecule has 3 nitrogen and oxygen atoms in total. The summed E-state index contributed by atoms with van der Waals surface area (Å²) in [6, 6.07) is 8.74. The highest BCUT2D eigenvalue weighted by molar-refractivity contribution is 7.86. The summed E-state index contributed by atoms with van der Waals surface area (Å²) in [5.74, 6) is 0.434. The molecular formula is C14H15ClO3S2. The van der Waals surface area contributed by atoms with Crippen molar-refractivity contribution in [1.82, 2.24) is 0 Å². The first-order chi connectivity index (χ1) is 9.54. The second-order valence-electron chi connectivity index (χ2n) is 4.29. The van der Waals surface area contributed by atoms with Gasteiger partial charge in [-0.15, -0.1) is 22.9 Å². The zero-order valence-electron chi connectivity index (χ0n) is 11.0. The Morgan fingerprint density at radius 3 is 2.70 bits per heavy atom. The van der Waals surface area contributed by atoms with Gasteiger partial charge in [-0.25, -0.2) is 0 Å². The van der Waals surface area contributed by atoms with E-state index < -0.39 is 10.1 Å². The maximum Gasteiger partial charge on any atom is 0.297 e. The average Bonchev–Trinajstić information content (AvgIpc) is 2.86. The van der Waals surface area contributed by atoms with Crippen molar-refractivity contribution in [1.29, 1.82) is 0 Å². The van der Waals surface area contributed by atoms with Crippen LogP contribution < -0.4 is 0 Å². The van der Waals surface area contributed by atoms with E-state index in [9.17, 15) is 8.42 Å². The van der Waals surface area contributed by atoms with Gasteiger partial charge in [0, 0.05) is 17.2 Å². The van der Waals surface area contributed by atoms with Crippen LogP contribution >= 0.6 is 22.9 Å². The van der Waals surface area contributed by atoms with Crippen molar-refractivity contribution in [3.05, 3.63) is 51.7 Å². The molecule has 20 heavy (non-hydrogen) atoms. The van der Waals surface area contributed by atoms with Crippen LogP contribution in [-0.2, 0) is 26.6 Å². The van der Waals surface area contributed by atoms with E-state index in [2.05, 4.69) is 0 Å². The lowest BCUT2D eigenvalue weighted by atomic mass is 10.2. The first kappa shape index (κ1) is 15.5. The first-order valence-electron chi connectivity index (χ1n) is 6.11. The van der Waals surface area contributed by atoms with Crippen LogP contribution in [-0.4, -0.2) is 15.0 Å². The Bertz CT molecular complexity index is 677. The lowest BCUT2D eigenvalue weighted by Crippen LogP contribution is -2.10. The number of rotatable bonds is 6. The molecule has 0 unspecified atom stereocenters. The van der Waals surface area contributed by atoms with E-state index in [1.165, 1.54) is 0 Å². The van der Waals surface area contributed by atoms with Gasteiger partial charge in [0.1, 0.15) is 0 Å². The fourth-order valence-electron chi connectivity index (χ4n) is 1.85. The summed E-state index contributed by atoms with van der Waals surface area (Å²) in [5.41, 5.74) is 1.72. The van der Waals surface area contributed by atoms with Crippen LogP contribution in [0.4, 0.5) is 0 Å². The summed E-state index contributed by atoms with van der Waals surface area (Å²) < 4.78 is 29.3. The van der Waals surface area contributed by atoms with Crippen LogP contribution in [0.3, 0.4) is 0 Å². The van der Waals surface area contributed by atoms with Crippen molar-refractivity contribution in [2.45, 2.75) is 24.1 Å². The number of thiophene rings is 1. The summed E-state index contributed by atoms with van der Waals surface area (Å²) in [7, 11) is -3.69. The van der Waals surface area contributed by atoms with E-state index >= 15 is 0 Å². The van der Waals surface area contributed by atoms with Gasteiger partial charge in [0.05, 0.1) is 11.5 Å². The molecule has 0 radical (unpaired) electrons. The SMILES string of the molecule is Cc1ccccc1S(=O)(=O)OCCc1sccc1CCl. The number of hydrogen-bond donors (Lipinski definition) is 0. The molecule has 6 heteroatoms. The molecule has 0 saturated carbocycles. The summed E-state index contributed by atoms with van der Waals surface area (Å²) in [4.78, 5) is 1.30. The number of hydrogen-bond acceptors (Lipinski definition) is 4. The lowest BCUT2D eigenvalue weighted by Gasteiger charge is -2.08. The van der Waals surface area contributed by atoms with Gasteiger partial charge in [-0.3, -0.25) is 4.18 Å². The third-order valence-corrected chi connectivity index (χ3v) is 5.70. The average molecular weight is 331 g/mol. The van der Waals surface area contributed by atoms with Crippen molar-refractivity contribution in [2.75, 3.05) is 6.61 Å². The fraction of sp³-hybridized carbons (Fsp3) is 0.286. The van der Waals surface area contributed by atoms with E-state index in [0.717, 1.165) is 10.4 Å². The Hall–Kier alpha value is -0.880. The summed E-state index contributed by atoms with van der Waals surface area (Å²) in [6.45, 7) is 1.88. The summed E-state index contributed by atoms with van der Waals surface area (Å²) in [6.07, 6.45) is 0.546. The van der Waals surface area contributed by atoms with Gasteiger partial charge in [-0.05, 0) is 35.6 Å². The van der Waals surface area contributed by atoms with Gasteiger partial charge in [0.25, 0.3) is 10.1 Å².